The van der Waals surface area contributed by atoms with Crippen LogP contribution in [-0.4, -0.2) is 39.5 Å². The first-order valence-electron chi connectivity index (χ1n) is 10.7. The van der Waals surface area contributed by atoms with E-state index in [0.717, 1.165) is 18.0 Å². The number of hydrogen-bond acceptors (Lipinski definition) is 4. The normalized spacial score (nSPS) is 17.0. The lowest BCUT2D eigenvalue weighted by molar-refractivity contribution is 0.0548. The zero-order chi connectivity index (χ0) is 20.9. The summed E-state index contributed by atoms with van der Waals surface area (Å²) in [7, 11) is 3.50. The molecule has 0 heterocycles. The van der Waals surface area contributed by atoms with Gasteiger partial charge in [0.05, 0.1) is 7.11 Å². The van der Waals surface area contributed by atoms with Crippen LogP contribution in [-0.2, 0) is 15.6 Å². The van der Waals surface area contributed by atoms with Crippen LogP contribution in [0.1, 0.15) is 78.4 Å². The molecule has 1 unspecified atom stereocenters. The number of nitrogens with one attached hydrogen (secondary N) is 1. The molecule has 1 saturated carbocycles. The standard InChI is InChI=1S/C24H41NO3/c1-23(2,3)20-13-18(26-7)14-21(24(4,5)6)22(20)28-16-19(27-8)15-25-17-11-9-10-12-17/h13-14,17,19,25H,9-12,15-16H2,1-8H3. The molecule has 2 rings (SSSR count). The van der Waals surface area contributed by atoms with Crippen molar-refractivity contribution in [3.8, 4) is 11.5 Å². The SMILES string of the molecule is COc1cc(C(C)(C)C)c(OCC(CNC2CCCC2)OC)c(C(C)(C)C)c1. The average molecular weight is 392 g/mol. The van der Waals surface area contributed by atoms with E-state index in [0.29, 0.717) is 12.6 Å². The van der Waals surface area contributed by atoms with Crippen LogP contribution < -0.4 is 14.8 Å². The van der Waals surface area contributed by atoms with Gasteiger partial charge >= 0.3 is 0 Å². The third kappa shape index (κ3) is 6.12. The maximum Gasteiger partial charge on any atom is 0.127 e. The summed E-state index contributed by atoms with van der Waals surface area (Å²) in [4.78, 5) is 0. The minimum atomic E-state index is -0.0471. The van der Waals surface area contributed by atoms with Gasteiger partial charge in [-0.25, -0.2) is 0 Å². The summed E-state index contributed by atoms with van der Waals surface area (Å²) in [6.45, 7) is 14.7. The minimum Gasteiger partial charge on any atom is -0.497 e. The van der Waals surface area contributed by atoms with Gasteiger partial charge in [-0.15, -0.1) is 0 Å². The fourth-order valence-corrected chi connectivity index (χ4v) is 3.80. The van der Waals surface area contributed by atoms with E-state index in [1.54, 1.807) is 14.2 Å². The zero-order valence-corrected chi connectivity index (χ0v) is 19.3. The Morgan fingerprint density at radius 2 is 1.50 bits per heavy atom. The Bertz CT molecular complexity index is 587. The fourth-order valence-electron chi connectivity index (χ4n) is 3.80. The Morgan fingerprint density at radius 1 is 0.964 bits per heavy atom. The monoisotopic (exact) mass is 391 g/mol. The van der Waals surface area contributed by atoms with E-state index in [-0.39, 0.29) is 16.9 Å². The van der Waals surface area contributed by atoms with Gasteiger partial charge in [0, 0.05) is 30.8 Å². The molecule has 0 saturated heterocycles. The van der Waals surface area contributed by atoms with Gasteiger partial charge < -0.3 is 19.5 Å². The molecule has 4 heteroatoms. The lowest BCUT2D eigenvalue weighted by Gasteiger charge is -2.31. The average Bonchev–Trinajstić information content (AvgIpc) is 3.13. The number of ether oxygens (including phenoxy) is 3. The summed E-state index contributed by atoms with van der Waals surface area (Å²) in [5.41, 5.74) is 2.26. The predicted molar refractivity (Wildman–Crippen MR) is 117 cm³/mol. The summed E-state index contributed by atoms with van der Waals surface area (Å²) in [6, 6.07) is 4.86. The molecule has 0 aromatic heterocycles. The Hall–Kier alpha value is -1.26. The number of rotatable bonds is 8. The molecule has 1 aromatic carbocycles. The Kier molecular flexibility index (Phi) is 7.81. The Balaban J connectivity index is 2.23. The predicted octanol–water partition coefficient (Wildman–Crippen LogP) is 5.22. The smallest absolute Gasteiger partial charge is 0.127 e. The van der Waals surface area contributed by atoms with Gasteiger partial charge in [-0.1, -0.05) is 54.4 Å². The first-order chi connectivity index (χ1) is 13.1. The van der Waals surface area contributed by atoms with E-state index >= 15 is 0 Å². The summed E-state index contributed by atoms with van der Waals surface area (Å²) < 4.78 is 17.8. The van der Waals surface area contributed by atoms with Crippen molar-refractivity contribution < 1.29 is 14.2 Å². The number of methoxy groups -OCH3 is 2. The highest BCUT2D eigenvalue weighted by molar-refractivity contribution is 5.52. The second-order valence-corrected chi connectivity index (χ2v) is 10.1. The molecule has 1 aliphatic carbocycles. The molecule has 0 bridgehead atoms. The van der Waals surface area contributed by atoms with Crippen molar-refractivity contribution in [2.45, 2.75) is 90.2 Å². The number of benzene rings is 1. The topological polar surface area (TPSA) is 39.7 Å². The van der Waals surface area contributed by atoms with Crippen molar-refractivity contribution in [1.82, 2.24) is 5.32 Å². The summed E-state index contributed by atoms with van der Waals surface area (Å²) >= 11 is 0. The second-order valence-electron chi connectivity index (χ2n) is 10.1. The molecule has 0 spiro atoms. The van der Waals surface area contributed by atoms with Crippen LogP contribution in [0.3, 0.4) is 0 Å². The van der Waals surface area contributed by atoms with Crippen LogP contribution in [0.2, 0.25) is 0 Å². The van der Waals surface area contributed by atoms with Gasteiger partial charge in [0.15, 0.2) is 0 Å². The summed E-state index contributed by atoms with van der Waals surface area (Å²) in [5, 5.41) is 3.65. The largest absolute Gasteiger partial charge is 0.497 e. The third-order valence-corrected chi connectivity index (χ3v) is 5.65. The van der Waals surface area contributed by atoms with Crippen LogP contribution in [0, 0.1) is 0 Å². The zero-order valence-electron chi connectivity index (χ0n) is 19.3. The van der Waals surface area contributed by atoms with E-state index in [2.05, 4.69) is 59.0 Å². The van der Waals surface area contributed by atoms with E-state index in [1.807, 2.05) is 0 Å². The maximum atomic E-state index is 6.47. The van der Waals surface area contributed by atoms with Crippen molar-refractivity contribution in [2.75, 3.05) is 27.4 Å². The van der Waals surface area contributed by atoms with Crippen molar-refractivity contribution in [3.63, 3.8) is 0 Å². The molecule has 1 aliphatic rings. The van der Waals surface area contributed by atoms with E-state index in [1.165, 1.54) is 36.8 Å². The molecule has 1 fully saturated rings. The van der Waals surface area contributed by atoms with E-state index < -0.39 is 0 Å². The van der Waals surface area contributed by atoms with Gasteiger partial charge in [0.1, 0.15) is 24.2 Å². The lowest BCUT2D eigenvalue weighted by Crippen LogP contribution is -2.38. The first kappa shape index (κ1) is 23.0. The quantitative estimate of drug-likeness (QED) is 0.660. The fraction of sp³-hybridized carbons (Fsp3) is 0.750. The van der Waals surface area contributed by atoms with Crippen LogP contribution in [0.4, 0.5) is 0 Å². The molecule has 0 amide bonds. The number of hydrogen-bond donors (Lipinski definition) is 1. The molecular weight excluding hydrogens is 350 g/mol. The molecule has 4 nitrogen and oxygen atoms in total. The van der Waals surface area contributed by atoms with Crippen molar-refractivity contribution in [3.05, 3.63) is 23.3 Å². The van der Waals surface area contributed by atoms with Crippen LogP contribution in [0.25, 0.3) is 0 Å². The summed E-state index contributed by atoms with van der Waals surface area (Å²) in [5.74, 6) is 1.86. The van der Waals surface area contributed by atoms with Gasteiger partial charge in [-0.05, 0) is 35.8 Å². The highest BCUT2D eigenvalue weighted by Crippen LogP contribution is 2.42. The molecule has 1 atom stereocenters. The third-order valence-electron chi connectivity index (χ3n) is 5.65. The first-order valence-corrected chi connectivity index (χ1v) is 10.7. The van der Waals surface area contributed by atoms with Gasteiger partial charge in [-0.2, -0.15) is 0 Å². The van der Waals surface area contributed by atoms with Gasteiger partial charge in [0.2, 0.25) is 0 Å². The molecule has 0 radical (unpaired) electrons. The molecular formula is C24H41NO3. The van der Waals surface area contributed by atoms with Crippen LogP contribution in [0.15, 0.2) is 12.1 Å². The Labute approximate surface area is 172 Å². The highest BCUT2D eigenvalue weighted by atomic mass is 16.5. The van der Waals surface area contributed by atoms with E-state index in [4.69, 9.17) is 14.2 Å². The molecule has 0 aliphatic heterocycles. The van der Waals surface area contributed by atoms with Gasteiger partial charge in [-0.3, -0.25) is 0 Å². The van der Waals surface area contributed by atoms with Crippen LogP contribution in [0.5, 0.6) is 11.5 Å². The van der Waals surface area contributed by atoms with Crippen LogP contribution >= 0.6 is 0 Å². The molecule has 1 N–H and O–H groups in total. The molecule has 160 valence electrons. The summed E-state index contributed by atoms with van der Waals surface area (Å²) in [6.07, 6.45) is 5.25. The van der Waals surface area contributed by atoms with Crippen molar-refractivity contribution in [1.29, 1.82) is 0 Å². The van der Waals surface area contributed by atoms with Gasteiger partial charge in [0.25, 0.3) is 0 Å². The van der Waals surface area contributed by atoms with Crippen molar-refractivity contribution >= 4 is 0 Å². The highest BCUT2D eigenvalue weighted by Gasteiger charge is 2.29. The molecule has 28 heavy (non-hydrogen) atoms. The van der Waals surface area contributed by atoms with Crippen molar-refractivity contribution in [2.24, 2.45) is 0 Å². The molecule has 1 aromatic rings. The lowest BCUT2D eigenvalue weighted by atomic mass is 9.79. The maximum absolute atomic E-state index is 6.47. The second kappa shape index (κ2) is 9.49. The van der Waals surface area contributed by atoms with E-state index in [9.17, 15) is 0 Å². The minimum absolute atomic E-state index is 0.0309. The Morgan fingerprint density at radius 3 is 1.93 bits per heavy atom.